The van der Waals surface area contributed by atoms with Gasteiger partial charge in [-0.15, -0.1) is 10.1 Å². The number of rotatable bonds is 4. The fourth-order valence-corrected chi connectivity index (χ4v) is 1.19. The maximum absolute atomic E-state index is 12.2. The van der Waals surface area contributed by atoms with Crippen LogP contribution in [0.5, 0.6) is 0 Å². The van der Waals surface area contributed by atoms with Crippen LogP contribution in [0, 0.1) is 10.1 Å². The van der Waals surface area contributed by atoms with E-state index in [2.05, 4.69) is 4.84 Å². The molecule has 0 fully saturated rings. The summed E-state index contributed by atoms with van der Waals surface area (Å²) in [5.74, 6) is 0. The average Bonchev–Trinajstić information content (AvgIpc) is 2.24. The summed E-state index contributed by atoms with van der Waals surface area (Å²) in [7, 11) is 0. The normalized spacial score (nSPS) is 13.2. The maximum Gasteiger partial charge on any atom is 0.416 e. The van der Waals surface area contributed by atoms with Crippen LogP contribution in [0.15, 0.2) is 24.3 Å². The van der Waals surface area contributed by atoms with Crippen LogP contribution in [-0.2, 0) is 11.0 Å². The van der Waals surface area contributed by atoms with Crippen LogP contribution in [0.2, 0.25) is 0 Å². The first kappa shape index (κ1) is 13.2. The molecular formula is C9H8F3NO4. The topological polar surface area (TPSA) is 72.6 Å². The van der Waals surface area contributed by atoms with Crippen molar-refractivity contribution in [1.29, 1.82) is 0 Å². The maximum atomic E-state index is 12.2. The summed E-state index contributed by atoms with van der Waals surface area (Å²) in [6.45, 7) is -0.702. The van der Waals surface area contributed by atoms with Crippen LogP contribution in [-0.4, -0.2) is 16.8 Å². The standard InChI is InChI=1S/C9H8F3NO4/c10-9(11,12)7-3-1-6(2-4-7)8(5-14)17-13(15)16/h1-4,8,14H,5H2. The highest BCUT2D eigenvalue weighted by atomic mass is 19.4. The molecule has 1 aromatic carbocycles. The molecule has 1 N–H and O–H groups in total. The number of hydrogen-bond donors (Lipinski definition) is 1. The van der Waals surface area contributed by atoms with E-state index >= 15 is 0 Å². The summed E-state index contributed by atoms with van der Waals surface area (Å²) < 4.78 is 36.7. The lowest BCUT2D eigenvalue weighted by Crippen LogP contribution is -2.13. The Morgan fingerprint density at radius 1 is 1.35 bits per heavy atom. The van der Waals surface area contributed by atoms with Crippen LogP contribution >= 0.6 is 0 Å². The van der Waals surface area contributed by atoms with Crippen molar-refractivity contribution in [3.8, 4) is 0 Å². The number of benzene rings is 1. The second-order valence-corrected chi connectivity index (χ2v) is 3.12. The number of aliphatic hydroxyl groups is 1. The van der Waals surface area contributed by atoms with Crippen molar-refractivity contribution in [2.24, 2.45) is 0 Å². The highest BCUT2D eigenvalue weighted by molar-refractivity contribution is 5.26. The van der Waals surface area contributed by atoms with E-state index in [1.165, 1.54) is 0 Å². The summed E-state index contributed by atoms with van der Waals surface area (Å²) in [5.41, 5.74) is -0.781. The van der Waals surface area contributed by atoms with E-state index in [0.717, 1.165) is 24.3 Å². The van der Waals surface area contributed by atoms with Crippen molar-refractivity contribution >= 4 is 0 Å². The first-order chi connectivity index (χ1) is 7.84. The smallest absolute Gasteiger partial charge is 0.394 e. The quantitative estimate of drug-likeness (QED) is 0.655. The molecule has 0 bridgehead atoms. The number of aliphatic hydroxyl groups excluding tert-OH is 1. The molecule has 0 amide bonds. The molecule has 8 heteroatoms. The van der Waals surface area contributed by atoms with E-state index in [4.69, 9.17) is 5.11 Å². The van der Waals surface area contributed by atoms with E-state index in [0.29, 0.717) is 0 Å². The lowest BCUT2D eigenvalue weighted by Gasteiger charge is -2.13. The van der Waals surface area contributed by atoms with E-state index in [1.807, 2.05) is 0 Å². The van der Waals surface area contributed by atoms with Gasteiger partial charge in [-0.25, -0.2) is 0 Å². The summed E-state index contributed by atoms with van der Waals surface area (Å²) in [5, 5.41) is 17.8. The minimum Gasteiger partial charge on any atom is -0.394 e. The number of nitrogens with zero attached hydrogens (tertiary/aromatic N) is 1. The van der Waals surface area contributed by atoms with E-state index < -0.39 is 29.5 Å². The molecule has 0 aromatic heterocycles. The van der Waals surface area contributed by atoms with Gasteiger partial charge in [0.25, 0.3) is 5.09 Å². The molecule has 5 nitrogen and oxygen atoms in total. The zero-order chi connectivity index (χ0) is 13.1. The van der Waals surface area contributed by atoms with E-state index in [-0.39, 0.29) is 5.56 Å². The first-order valence-corrected chi connectivity index (χ1v) is 4.43. The molecule has 1 atom stereocenters. The van der Waals surface area contributed by atoms with Crippen molar-refractivity contribution in [3.63, 3.8) is 0 Å². The number of alkyl halides is 3. The van der Waals surface area contributed by atoms with Crippen LogP contribution in [0.3, 0.4) is 0 Å². The summed E-state index contributed by atoms with van der Waals surface area (Å²) in [6.07, 6.45) is -5.76. The summed E-state index contributed by atoms with van der Waals surface area (Å²) >= 11 is 0. The molecule has 0 radical (unpaired) electrons. The highest BCUT2D eigenvalue weighted by Crippen LogP contribution is 2.30. The van der Waals surface area contributed by atoms with Gasteiger partial charge in [0.05, 0.1) is 12.2 Å². The Bertz CT molecular complexity index is 390. The molecule has 94 valence electrons. The molecule has 0 saturated heterocycles. The van der Waals surface area contributed by atoms with Gasteiger partial charge in [0.2, 0.25) is 0 Å². The molecular weight excluding hydrogens is 243 g/mol. The molecule has 1 rings (SSSR count). The largest absolute Gasteiger partial charge is 0.416 e. The van der Waals surface area contributed by atoms with Crippen LogP contribution in [0.25, 0.3) is 0 Å². The molecule has 0 saturated carbocycles. The Labute approximate surface area is 93.5 Å². The Hall–Kier alpha value is -1.83. The third-order valence-electron chi connectivity index (χ3n) is 1.99. The molecule has 0 heterocycles. The lowest BCUT2D eigenvalue weighted by atomic mass is 10.1. The van der Waals surface area contributed by atoms with Gasteiger partial charge in [0.1, 0.15) is 0 Å². The summed E-state index contributed by atoms with van der Waals surface area (Å²) in [6, 6.07) is 3.57. The Kier molecular flexibility index (Phi) is 3.89. The fourth-order valence-electron chi connectivity index (χ4n) is 1.19. The number of hydrogen-bond acceptors (Lipinski definition) is 4. The molecule has 1 unspecified atom stereocenters. The van der Waals surface area contributed by atoms with Gasteiger partial charge in [-0.05, 0) is 17.7 Å². The van der Waals surface area contributed by atoms with Gasteiger partial charge in [0.15, 0.2) is 6.10 Å². The molecule has 0 aliphatic heterocycles. The van der Waals surface area contributed by atoms with Crippen LogP contribution < -0.4 is 0 Å². The third kappa shape index (κ3) is 3.59. The molecule has 0 spiro atoms. The van der Waals surface area contributed by atoms with Crippen LogP contribution in [0.1, 0.15) is 17.2 Å². The Morgan fingerprint density at radius 2 is 1.88 bits per heavy atom. The monoisotopic (exact) mass is 251 g/mol. The van der Waals surface area contributed by atoms with E-state index in [1.54, 1.807) is 0 Å². The lowest BCUT2D eigenvalue weighted by molar-refractivity contribution is -0.771. The zero-order valence-corrected chi connectivity index (χ0v) is 8.35. The predicted molar refractivity (Wildman–Crippen MR) is 49.4 cm³/mol. The third-order valence-corrected chi connectivity index (χ3v) is 1.99. The van der Waals surface area contributed by atoms with Crippen LogP contribution in [0.4, 0.5) is 13.2 Å². The Morgan fingerprint density at radius 3 is 2.24 bits per heavy atom. The van der Waals surface area contributed by atoms with Crippen molar-refractivity contribution in [2.75, 3.05) is 6.61 Å². The first-order valence-electron chi connectivity index (χ1n) is 4.43. The van der Waals surface area contributed by atoms with Gasteiger partial charge >= 0.3 is 6.18 Å². The average molecular weight is 251 g/mol. The SMILES string of the molecule is O=[N+]([O-])OC(CO)c1ccc(C(F)(F)F)cc1. The molecule has 0 aliphatic carbocycles. The van der Waals surface area contributed by atoms with Crippen molar-refractivity contribution in [1.82, 2.24) is 0 Å². The van der Waals surface area contributed by atoms with Crippen molar-refractivity contribution in [2.45, 2.75) is 12.3 Å². The van der Waals surface area contributed by atoms with Gasteiger partial charge in [-0.2, -0.15) is 13.2 Å². The fraction of sp³-hybridized carbons (Fsp3) is 0.333. The molecule has 0 aliphatic rings. The van der Waals surface area contributed by atoms with Crippen molar-refractivity contribution < 1.29 is 28.2 Å². The van der Waals surface area contributed by atoms with Gasteiger partial charge in [-0.3, -0.25) is 0 Å². The predicted octanol–water partition coefficient (Wildman–Crippen LogP) is 1.95. The highest BCUT2D eigenvalue weighted by Gasteiger charge is 2.30. The second-order valence-electron chi connectivity index (χ2n) is 3.12. The van der Waals surface area contributed by atoms with Gasteiger partial charge < -0.3 is 9.94 Å². The van der Waals surface area contributed by atoms with Gasteiger partial charge in [-0.1, -0.05) is 12.1 Å². The number of halogens is 3. The second kappa shape index (κ2) is 5.00. The zero-order valence-electron chi connectivity index (χ0n) is 8.35. The van der Waals surface area contributed by atoms with Crippen molar-refractivity contribution in [3.05, 3.63) is 45.5 Å². The minimum absolute atomic E-state index is 0.0946. The molecule has 1 aromatic rings. The summed E-state index contributed by atoms with van der Waals surface area (Å²) in [4.78, 5) is 14.2. The Balaban J connectivity index is 2.89. The van der Waals surface area contributed by atoms with E-state index in [9.17, 15) is 23.3 Å². The molecule has 17 heavy (non-hydrogen) atoms. The minimum atomic E-state index is -4.47. The van der Waals surface area contributed by atoms with Gasteiger partial charge in [0, 0.05) is 0 Å².